The minimum absolute atomic E-state index is 0.0906. The van der Waals surface area contributed by atoms with Crippen molar-refractivity contribution in [2.75, 3.05) is 13.2 Å². The third kappa shape index (κ3) is 2.11. The molecule has 0 radical (unpaired) electrons. The maximum absolute atomic E-state index is 10.2. The summed E-state index contributed by atoms with van der Waals surface area (Å²) in [4.78, 5) is 10.2. The van der Waals surface area contributed by atoms with E-state index in [9.17, 15) is 4.79 Å². The zero-order valence-corrected chi connectivity index (χ0v) is 7.05. The number of carboxylic acid groups (broad SMARTS) is 1. The van der Waals surface area contributed by atoms with Crippen LogP contribution in [0.25, 0.3) is 0 Å². The van der Waals surface area contributed by atoms with Crippen LogP contribution < -0.4 is 5.32 Å². The van der Waals surface area contributed by atoms with Gasteiger partial charge in [-0.3, -0.25) is 0 Å². The van der Waals surface area contributed by atoms with Crippen LogP contribution in [0.5, 0.6) is 0 Å². The predicted octanol–water partition coefficient (Wildman–Crippen LogP) is 0.807. The Labute approximate surface area is 71.6 Å². The highest BCUT2D eigenvalue weighted by Gasteiger charge is 2.33. The summed E-state index contributed by atoms with van der Waals surface area (Å²) in [6, 6.07) is 0. The molecule has 12 heavy (non-hydrogen) atoms. The molecule has 0 heterocycles. The first-order valence-electron chi connectivity index (χ1n) is 4.26. The van der Waals surface area contributed by atoms with Crippen molar-refractivity contribution in [2.45, 2.75) is 25.7 Å². The second-order valence-electron chi connectivity index (χ2n) is 3.52. The largest absolute Gasteiger partial charge is 0.465 e. The molecular weight excluding hydrogens is 158 g/mol. The first-order chi connectivity index (χ1) is 5.68. The van der Waals surface area contributed by atoms with Gasteiger partial charge in [-0.25, -0.2) is 4.79 Å². The van der Waals surface area contributed by atoms with Gasteiger partial charge in [0.05, 0.1) is 6.61 Å². The zero-order chi connectivity index (χ0) is 9.03. The van der Waals surface area contributed by atoms with Gasteiger partial charge in [0.1, 0.15) is 0 Å². The summed E-state index contributed by atoms with van der Waals surface area (Å²) in [7, 11) is 0. The number of aliphatic hydroxyl groups is 1. The van der Waals surface area contributed by atoms with Gasteiger partial charge in [-0.1, -0.05) is 12.8 Å². The molecule has 1 saturated carbocycles. The molecule has 0 bridgehead atoms. The summed E-state index contributed by atoms with van der Waals surface area (Å²) in [5, 5.41) is 19.8. The molecular formula is C8H15NO3. The first-order valence-corrected chi connectivity index (χ1v) is 4.26. The average Bonchev–Trinajstić information content (AvgIpc) is 2.50. The number of amides is 1. The van der Waals surface area contributed by atoms with Gasteiger partial charge in [0.25, 0.3) is 0 Å². The van der Waals surface area contributed by atoms with Crippen molar-refractivity contribution in [3.8, 4) is 0 Å². The highest BCUT2D eigenvalue weighted by molar-refractivity contribution is 5.64. The molecule has 0 spiro atoms. The van der Waals surface area contributed by atoms with E-state index in [1.54, 1.807) is 0 Å². The summed E-state index contributed by atoms with van der Waals surface area (Å²) in [6.07, 6.45) is 3.06. The Morgan fingerprint density at radius 2 is 2.00 bits per heavy atom. The van der Waals surface area contributed by atoms with Crippen molar-refractivity contribution in [3.05, 3.63) is 0 Å². The van der Waals surface area contributed by atoms with E-state index < -0.39 is 6.09 Å². The average molecular weight is 173 g/mol. The molecule has 4 heteroatoms. The number of aliphatic hydroxyl groups excluding tert-OH is 1. The van der Waals surface area contributed by atoms with Crippen molar-refractivity contribution in [1.29, 1.82) is 0 Å². The molecule has 1 amide bonds. The number of carbonyl (C=O) groups is 1. The number of rotatable bonds is 3. The molecule has 4 nitrogen and oxygen atoms in total. The quantitative estimate of drug-likeness (QED) is 0.591. The lowest BCUT2D eigenvalue weighted by Crippen LogP contribution is -2.37. The van der Waals surface area contributed by atoms with Crippen molar-refractivity contribution in [1.82, 2.24) is 5.32 Å². The Morgan fingerprint density at radius 3 is 2.42 bits per heavy atom. The summed E-state index contributed by atoms with van der Waals surface area (Å²) in [5.74, 6) is 0. The third-order valence-electron chi connectivity index (χ3n) is 2.61. The normalized spacial score (nSPS) is 20.8. The minimum Gasteiger partial charge on any atom is -0.465 e. The topological polar surface area (TPSA) is 69.6 Å². The van der Waals surface area contributed by atoms with E-state index in [1.165, 1.54) is 0 Å². The fourth-order valence-corrected chi connectivity index (χ4v) is 1.78. The maximum atomic E-state index is 10.2. The fourth-order valence-electron chi connectivity index (χ4n) is 1.78. The first kappa shape index (κ1) is 9.32. The summed E-state index contributed by atoms with van der Waals surface area (Å²) < 4.78 is 0. The molecule has 0 aromatic carbocycles. The van der Waals surface area contributed by atoms with Crippen LogP contribution in [0, 0.1) is 5.41 Å². The predicted molar refractivity (Wildman–Crippen MR) is 44.0 cm³/mol. The monoisotopic (exact) mass is 173 g/mol. The van der Waals surface area contributed by atoms with Crippen molar-refractivity contribution >= 4 is 6.09 Å². The van der Waals surface area contributed by atoms with E-state index in [-0.39, 0.29) is 12.0 Å². The van der Waals surface area contributed by atoms with Crippen LogP contribution >= 0.6 is 0 Å². The number of hydrogen-bond acceptors (Lipinski definition) is 2. The fraction of sp³-hybridized carbons (Fsp3) is 0.875. The van der Waals surface area contributed by atoms with E-state index in [4.69, 9.17) is 10.2 Å². The minimum atomic E-state index is -1.00. The number of hydrogen-bond donors (Lipinski definition) is 3. The van der Waals surface area contributed by atoms with Crippen LogP contribution in [-0.2, 0) is 0 Å². The lowest BCUT2D eigenvalue weighted by molar-refractivity contribution is 0.124. The van der Waals surface area contributed by atoms with Crippen LogP contribution in [0.15, 0.2) is 0 Å². The lowest BCUT2D eigenvalue weighted by atomic mass is 9.87. The molecule has 1 aliphatic rings. The third-order valence-corrected chi connectivity index (χ3v) is 2.61. The summed E-state index contributed by atoms with van der Waals surface area (Å²) in [6.45, 7) is 0.478. The van der Waals surface area contributed by atoms with Crippen LogP contribution in [0.1, 0.15) is 25.7 Å². The Kier molecular flexibility index (Phi) is 2.92. The van der Waals surface area contributed by atoms with Gasteiger partial charge in [-0.2, -0.15) is 0 Å². The van der Waals surface area contributed by atoms with E-state index >= 15 is 0 Å². The van der Waals surface area contributed by atoms with E-state index in [0.717, 1.165) is 25.7 Å². The maximum Gasteiger partial charge on any atom is 0.404 e. The van der Waals surface area contributed by atoms with E-state index in [1.807, 2.05) is 0 Å². The Balaban J connectivity index is 2.39. The standard InChI is InChI=1S/C8H15NO3/c10-6-8(3-1-2-4-8)5-9-7(11)12/h9-10H,1-6H2,(H,11,12). The molecule has 0 aromatic rings. The smallest absolute Gasteiger partial charge is 0.404 e. The molecule has 0 atom stereocenters. The van der Waals surface area contributed by atoms with Crippen LogP contribution in [0.4, 0.5) is 4.79 Å². The molecule has 0 saturated heterocycles. The van der Waals surface area contributed by atoms with Crippen molar-refractivity contribution < 1.29 is 15.0 Å². The highest BCUT2D eigenvalue weighted by atomic mass is 16.4. The summed E-state index contributed by atoms with van der Waals surface area (Å²) in [5.41, 5.74) is -0.168. The van der Waals surface area contributed by atoms with Crippen LogP contribution in [0.3, 0.4) is 0 Å². The number of nitrogens with one attached hydrogen (secondary N) is 1. The van der Waals surface area contributed by atoms with Gasteiger partial charge in [-0.15, -0.1) is 0 Å². The Hall–Kier alpha value is -0.770. The van der Waals surface area contributed by atoms with Gasteiger partial charge in [-0.05, 0) is 12.8 Å². The molecule has 1 fully saturated rings. The van der Waals surface area contributed by atoms with Gasteiger partial charge in [0.2, 0.25) is 0 Å². The van der Waals surface area contributed by atoms with Gasteiger partial charge in [0.15, 0.2) is 0 Å². The van der Waals surface area contributed by atoms with Gasteiger partial charge >= 0.3 is 6.09 Å². The van der Waals surface area contributed by atoms with E-state index in [2.05, 4.69) is 5.32 Å². The second kappa shape index (κ2) is 3.76. The molecule has 0 aliphatic heterocycles. The molecule has 0 aromatic heterocycles. The van der Waals surface area contributed by atoms with Crippen molar-refractivity contribution in [3.63, 3.8) is 0 Å². The van der Waals surface area contributed by atoms with Gasteiger partial charge < -0.3 is 15.5 Å². The lowest BCUT2D eigenvalue weighted by Gasteiger charge is -2.25. The highest BCUT2D eigenvalue weighted by Crippen LogP contribution is 2.36. The molecule has 3 N–H and O–H groups in total. The molecule has 0 unspecified atom stereocenters. The van der Waals surface area contributed by atoms with Crippen LogP contribution in [-0.4, -0.2) is 29.5 Å². The zero-order valence-electron chi connectivity index (χ0n) is 7.05. The van der Waals surface area contributed by atoms with E-state index in [0.29, 0.717) is 6.54 Å². The molecule has 1 rings (SSSR count). The summed E-state index contributed by atoms with van der Waals surface area (Å²) >= 11 is 0. The SMILES string of the molecule is O=C(O)NCC1(CO)CCCC1. The van der Waals surface area contributed by atoms with Gasteiger partial charge in [0, 0.05) is 12.0 Å². The second-order valence-corrected chi connectivity index (χ2v) is 3.52. The van der Waals surface area contributed by atoms with Crippen molar-refractivity contribution in [2.24, 2.45) is 5.41 Å². The molecule has 1 aliphatic carbocycles. The molecule has 70 valence electrons. The Bertz CT molecular complexity index is 164. The Morgan fingerprint density at radius 1 is 1.42 bits per heavy atom. The van der Waals surface area contributed by atoms with Crippen LogP contribution in [0.2, 0.25) is 0 Å².